The van der Waals surface area contributed by atoms with Crippen molar-refractivity contribution in [1.29, 1.82) is 0 Å². The number of carboxylic acid groups (broad SMARTS) is 1. The number of hydrogen-bond acceptors (Lipinski definition) is 6. The normalized spacial score (nSPS) is 10.5. The van der Waals surface area contributed by atoms with Gasteiger partial charge in [-0.3, -0.25) is 10.3 Å². The SMILES string of the molecule is CCNC(=O)Nc1ccc2ncc(-c3ccc(C(=O)O)s3)nc2n1. The molecule has 0 saturated heterocycles. The molecule has 8 nitrogen and oxygen atoms in total. The van der Waals surface area contributed by atoms with Gasteiger partial charge in [-0.15, -0.1) is 11.3 Å². The van der Waals surface area contributed by atoms with Crippen LogP contribution in [0, 0.1) is 0 Å². The maximum atomic E-state index is 11.6. The van der Waals surface area contributed by atoms with Crippen LogP contribution in [0.15, 0.2) is 30.5 Å². The lowest BCUT2D eigenvalue weighted by Crippen LogP contribution is -2.28. The van der Waals surface area contributed by atoms with Crippen molar-refractivity contribution in [1.82, 2.24) is 20.3 Å². The van der Waals surface area contributed by atoms with Crippen LogP contribution in [0.5, 0.6) is 0 Å². The molecule has 9 heteroatoms. The number of thiophene rings is 1. The molecule has 0 unspecified atom stereocenters. The molecule has 0 radical (unpaired) electrons. The minimum atomic E-state index is -0.980. The molecule has 24 heavy (non-hydrogen) atoms. The number of nitrogens with zero attached hydrogens (tertiary/aromatic N) is 3. The van der Waals surface area contributed by atoms with Gasteiger partial charge in [0.05, 0.1) is 11.1 Å². The van der Waals surface area contributed by atoms with E-state index in [0.717, 1.165) is 11.3 Å². The van der Waals surface area contributed by atoms with E-state index in [4.69, 9.17) is 5.11 Å². The first-order chi connectivity index (χ1) is 11.6. The molecule has 3 aromatic heterocycles. The van der Waals surface area contributed by atoms with Gasteiger partial charge in [0.2, 0.25) is 0 Å². The summed E-state index contributed by atoms with van der Waals surface area (Å²) in [5.41, 5.74) is 1.48. The Labute approximate surface area is 140 Å². The first-order valence-corrected chi connectivity index (χ1v) is 7.90. The number of urea groups is 1. The highest BCUT2D eigenvalue weighted by Gasteiger charge is 2.11. The summed E-state index contributed by atoms with van der Waals surface area (Å²) >= 11 is 1.11. The summed E-state index contributed by atoms with van der Waals surface area (Å²) in [5, 5.41) is 14.2. The van der Waals surface area contributed by atoms with Gasteiger partial charge in [-0.05, 0) is 31.2 Å². The van der Waals surface area contributed by atoms with Gasteiger partial charge in [-0.25, -0.2) is 19.6 Å². The highest BCUT2D eigenvalue weighted by molar-refractivity contribution is 7.17. The minimum absolute atomic E-state index is 0.228. The Morgan fingerprint density at radius 3 is 2.75 bits per heavy atom. The molecule has 2 amide bonds. The van der Waals surface area contributed by atoms with E-state index in [0.29, 0.717) is 34.1 Å². The molecule has 0 spiro atoms. The first-order valence-electron chi connectivity index (χ1n) is 7.09. The molecule has 0 aromatic carbocycles. The van der Waals surface area contributed by atoms with Gasteiger partial charge in [0.15, 0.2) is 5.65 Å². The van der Waals surface area contributed by atoms with Crippen molar-refractivity contribution in [2.75, 3.05) is 11.9 Å². The maximum absolute atomic E-state index is 11.6. The summed E-state index contributed by atoms with van der Waals surface area (Å²) in [6.45, 7) is 2.32. The second-order valence-electron chi connectivity index (χ2n) is 4.75. The van der Waals surface area contributed by atoms with Crippen molar-refractivity contribution in [2.45, 2.75) is 6.92 Å². The number of amides is 2. The third-order valence-corrected chi connectivity index (χ3v) is 4.15. The number of fused-ring (bicyclic) bond motifs is 1. The Hall–Kier alpha value is -3.07. The van der Waals surface area contributed by atoms with E-state index < -0.39 is 5.97 Å². The molecule has 3 aromatic rings. The van der Waals surface area contributed by atoms with E-state index in [2.05, 4.69) is 25.6 Å². The lowest BCUT2D eigenvalue weighted by atomic mass is 10.3. The van der Waals surface area contributed by atoms with E-state index in [1.165, 1.54) is 6.07 Å². The number of carbonyl (C=O) groups is 2. The summed E-state index contributed by atoms with van der Waals surface area (Å²) in [6.07, 6.45) is 1.57. The third-order valence-electron chi connectivity index (χ3n) is 3.05. The summed E-state index contributed by atoms with van der Waals surface area (Å²) in [5.74, 6) is -0.621. The van der Waals surface area contributed by atoms with Gasteiger partial charge in [0, 0.05) is 6.54 Å². The summed E-state index contributed by atoms with van der Waals surface area (Å²) in [4.78, 5) is 36.4. The Balaban J connectivity index is 1.93. The van der Waals surface area contributed by atoms with Crippen LogP contribution < -0.4 is 10.6 Å². The number of rotatable bonds is 4. The predicted octanol–water partition coefficient (Wildman–Crippen LogP) is 2.59. The molecule has 0 bridgehead atoms. The highest BCUT2D eigenvalue weighted by Crippen LogP contribution is 2.27. The average Bonchev–Trinajstić information content (AvgIpc) is 3.04. The van der Waals surface area contributed by atoms with E-state index in [1.54, 1.807) is 24.4 Å². The van der Waals surface area contributed by atoms with Gasteiger partial charge < -0.3 is 10.4 Å². The number of aromatic nitrogens is 3. The number of carbonyl (C=O) groups excluding carboxylic acids is 1. The molecule has 3 N–H and O–H groups in total. The average molecular weight is 343 g/mol. The monoisotopic (exact) mass is 343 g/mol. The first kappa shape index (κ1) is 15.8. The Bertz CT molecular complexity index is 924. The number of aromatic carboxylic acids is 1. The topological polar surface area (TPSA) is 117 Å². The van der Waals surface area contributed by atoms with Crippen LogP contribution in [0.1, 0.15) is 16.6 Å². The van der Waals surface area contributed by atoms with Gasteiger partial charge in [0.1, 0.15) is 21.9 Å². The molecule has 122 valence electrons. The Morgan fingerprint density at radius 1 is 1.21 bits per heavy atom. The molecule has 0 aliphatic heterocycles. The van der Waals surface area contributed by atoms with Crippen LogP contribution in [-0.4, -0.2) is 38.6 Å². The van der Waals surface area contributed by atoms with Crippen molar-refractivity contribution >= 4 is 40.3 Å². The second kappa shape index (κ2) is 6.59. The molecule has 0 atom stereocenters. The lowest BCUT2D eigenvalue weighted by molar-refractivity contribution is 0.0702. The zero-order valence-corrected chi connectivity index (χ0v) is 13.4. The number of anilines is 1. The zero-order valence-electron chi connectivity index (χ0n) is 12.6. The molecule has 0 aliphatic rings. The summed E-state index contributed by atoms with van der Waals surface area (Å²) < 4.78 is 0. The van der Waals surface area contributed by atoms with Crippen molar-refractivity contribution in [3.05, 3.63) is 35.3 Å². The Kier molecular flexibility index (Phi) is 4.34. The fourth-order valence-corrected chi connectivity index (χ4v) is 2.80. The van der Waals surface area contributed by atoms with Crippen LogP contribution in [-0.2, 0) is 0 Å². The standard InChI is InChI=1S/C15H13N5O3S/c1-2-16-15(23)20-12-6-3-8-13(19-12)18-9(7-17-8)10-4-5-11(24-10)14(21)22/h3-7H,2H2,1H3,(H,21,22)(H2,16,18,19,20,23). The molecule has 3 heterocycles. The smallest absolute Gasteiger partial charge is 0.345 e. The number of carboxylic acids is 1. The van der Waals surface area contributed by atoms with Gasteiger partial charge in [-0.1, -0.05) is 0 Å². The maximum Gasteiger partial charge on any atom is 0.345 e. The number of pyridine rings is 1. The third kappa shape index (κ3) is 3.30. The van der Waals surface area contributed by atoms with E-state index in [9.17, 15) is 9.59 Å². The summed E-state index contributed by atoms with van der Waals surface area (Å²) in [7, 11) is 0. The highest BCUT2D eigenvalue weighted by atomic mass is 32.1. The Morgan fingerprint density at radius 2 is 2.04 bits per heavy atom. The minimum Gasteiger partial charge on any atom is -0.477 e. The predicted molar refractivity (Wildman–Crippen MR) is 90.3 cm³/mol. The van der Waals surface area contributed by atoms with Crippen molar-refractivity contribution in [3.8, 4) is 10.6 Å². The summed E-state index contributed by atoms with van der Waals surface area (Å²) in [6, 6.07) is 6.20. The fraction of sp³-hybridized carbons (Fsp3) is 0.133. The van der Waals surface area contributed by atoms with Crippen molar-refractivity contribution in [3.63, 3.8) is 0 Å². The van der Waals surface area contributed by atoms with Gasteiger partial charge in [0.25, 0.3) is 0 Å². The van der Waals surface area contributed by atoms with Crippen LogP contribution in [0.25, 0.3) is 21.7 Å². The molecule has 0 fully saturated rings. The lowest BCUT2D eigenvalue weighted by Gasteiger charge is -2.06. The quantitative estimate of drug-likeness (QED) is 0.670. The van der Waals surface area contributed by atoms with Gasteiger partial charge >= 0.3 is 12.0 Å². The molecule has 3 rings (SSSR count). The van der Waals surface area contributed by atoms with Gasteiger partial charge in [-0.2, -0.15) is 0 Å². The van der Waals surface area contributed by atoms with Crippen LogP contribution >= 0.6 is 11.3 Å². The fourth-order valence-electron chi connectivity index (χ4n) is 2.00. The molecular weight excluding hydrogens is 330 g/mol. The molecular formula is C15H13N5O3S. The second-order valence-corrected chi connectivity index (χ2v) is 5.83. The number of nitrogens with one attached hydrogen (secondary N) is 2. The zero-order chi connectivity index (χ0) is 17.1. The van der Waals surface area contributed by atoms with Crippen molar-refractivity contribution < 1.29 is 14.7 Å². The van der Waals surface area contributed by atoms with E-state index in [1.807, 2.05) is 6.92 Å². The largest absolute Gasteiger partial charge is 0.477 e. The van der Waals surface area contributed by atoms with Crippen LogP contribution in [0.3, 0.4) is 0 Å². The van der Waals surface area contributed by atoms with E-state index >= 15 is 0 Å². The number of hydrogen-bond donors (Lipinski definition) is 3. The van der Waals surface area contributed by atoms with Crippen molar-refractivity contribution in [2.24, 2.45) is 0 Å². The van der Waals surface area contributed by atoms with E-state index in [-0.39, 0.29) is 10.9 Å². The molecule has 0 saturated carbocycles. The molecule has 0 aliphatic carbocycles. The van der Waals surface area contributed by atoms with Crippen LogP contribution in [0.4, 0.5) is 10.6 Å². The van der Waals surface area contributed by atoms with Crippen LogP contribution in [0.2, 0.25) is 0 Å².